The third-order valence-electron chi connectivity index (χ3n) is 2.54. The van der Waals surface area contributed by atoms with Gasteiger partial charge in [0.25, 0.3) is 0 Å². The molecule has 1 heterocycles. The molecule has 0 saturated carbocycles. The van der Waals surface area contributed by atoms with Crippen molar-refractivity contribution < 1.29 is 5.11 Å². The molecule has 1 aromatic rings. The molecule has 2 rings (SSSR count). The maximum atomic E-state index is 10.2. The summed E-state index contributed by atoms with van der Waals surface area (Å²) in [5, 5.41) is 12.2. The molecule has 1 aliphatic carbocycles. The zero-order chi connectivity index (χ0) is 8.60. The maximum Gasteiger partial charge on any atom is 0.101 e. The first-order valence-electron chi connectivity index (χ1n) is 4.25. The summed E-state index contributed by atoms with van der Waals surface area (Å²) in [6.07, 6.45) is 2.56. The second kappa shape index (κ2) is 2.83. The number of aliphatic hydroxyl groups is 1. The van der Waals surface area contributed by atoms with E-state index in [-0.39, 0.29) is 0 Å². The maximum absolute atomic E-state index is 10.2. The molecule has 1 aromatic heterocycles. The lowest BCUT2D eigenvalue weighted by atomic mass is 9.99. The average molecular weight is 183 g/mol. The molecular weight excluding hydrogens is 170 g/mol. The van der Waals surface area contributed by atoms with E-state index in [9.17, 15) is 5.11 Å². The Hall–Kier alpha value is -0.380. The molecule has 1 unspecified atom stereocenters. The lowest BCUT2D eigenvalue weighted by molar-refractivity contribution is 0.0353. The summed E-state index contributed by atoms with van der Waals surface area (Å²) in [7, 11) is 0. The van der Waals surface area contributed by atoms with Gasteiger partial charge >= 0.3 is 0 Å². The van der Waals surface area contributed by atoms with Gasteiger partial charge < -0.3 is 10.8 Å². The van der Waals surface area contributed by atoms with E-state index in [1.165, 1.54) is 5.56 Å². The van der Waals surface area contributed by atoms with Crippen molar-refractivity contribution in [1.29, 1.82) is 0 Å². The minimum atomic E-state index is -0.599. The quantitative estimate of drug-likeness (QED) is 0.724. The summed E-state index contributed by atoms with van der Waals surface area (Å²) >= 11 is 1.65. The number of hydrogen-bond acceptors (Lipinski definition) is 3. The van der Waals surface area contributed by atoms with Crippen LogP contribution in [0.15, 0.2) is 11.4 Å². The highest BCUT2D eigenvalue weighted by molar-refractivity contribution is 7.10. The molecule has 0 radical (unpaired) electrons. The van der Waals surface area contributed by atoms with E-state index < -0.39 is 5.60 Å². The molecule has 1 aliphatic rings. The number of aryl methyl sites for hydroxylation is 1. The van der Waals surface area contributed by atoms with Gasteiger partial charge in [-0.15, -0.1) is 11.3 Å². The van der Waals surface area contributed by atoms with Gasteiger partial charge in [0.05, 0.1) is 0 Å². The van der Waals surface area contributed by atoms with E-state index in [0.717, 1.165) is 17.7 Å². The third kappa shape index (κ3) is 1.09. The van der Waals surface area contributed by atoms with Crippen LogP contribution < -0.4 is 5.73 Å². The standard InChI is InChI=1S/C9H13NOS/c10-5-4-9(11)3-1-7-2-6-12-8(7)9/h2,6,11H,1,3-5,10H2. The van der Waals surface area contributed by atoms with Crippen LogP contribution in [0.4, 0.5) is 0 Å². The van der Waals surface area contributed by atoms with Crippen molar-refractivity contribution in [2.75, 3.05) is 6.54 Å². The highest BCUT2D eigenvalue weighted by Gasteiger charge is 2.36. The largest absolute Gasteiger partial charge is 0.384 e. The van der Waals surface area contributed by atoms with Gasteiger partial charge in [0.1, 0.15) is 5.60 Å². The fraction of sp³-hybridized carbons (Fsp3) is 0.556. The molecule has 0 saturated heterocycles. The highest BCUT2D eigenvalue weighted by Crippen LogP contribution is 2.42. The van der Waals surface area contributed by atoms with Crippen molar-refractivity contribution in [2.24, 2.45) is 5.73 Å². The summed E-state index contributed by atoms with van der Waals surface area (Å²) < 4.78 is 0. The third-order valence-corrected chi connectivity index (χ3v) is 3.69. The number of fused-ring (bicyclic) bond motifs is 1. The van der Waals surface area contributed by atoms with E-state index in [1.54, 1.807) is 11.3 Å². The van der Waals surface area contributed by atoms with Crippen molar-refractivity contribution in [3.05, 3.63) is 21.9 Å². The van der Waals surface area contributed by atoms with Gasteiger partial charge in [-0.05, 0) is 42.8 Å². The molecule has 0 fully saturated rings. The molecule has 3 heteroatoms. The average Bonchev–Trinajstić information content (AvgIpc) is 2.57. The Labute approximate surface area is 76.0 Å². The number of hydrogen-bond donors (Lipinski definition) is 2. The molecular formula is C9H13NOS. The van der Waals surface area contributed by atoms with Crippen LogP contribution in [0.1, 0.15) is 23.3 Å². The van der Waals surface area contributed by atoms with Gasteiger partial charge in [0.15, 0.2) is 0 Å². The van der Waals surface area contributed by atoms with Gasteiger partial charge in [-0.2, -0.15) is 0 Å². The van der Waals surface area contributed by atoms with Crippen molar-refractivity contribution >= 4 is 11.3 Å². The first kappa shape index (κ1) is 8.23. The molecule has 12 heavy (non-hydrogen) atoms. The van der Waals surface area contributed by atoms with Crippen molar-refractivity contribution in [1.82, 2.24) is 0 Å². The molecule has 0 aromatic carbocycles. The summed E-state index contributed by atoms with van der Waals surface area (Å²) in [6.45, 7) is 0.563. The van der Waals surface area contributed by atoms with Crippen LogP contribution in [-0.2, 0) is 12.0 Å². The number of thiophene rings is 1. The molecule has 0 spiro atoms. The Bertz CT molecular complexity index is 284. The smallest absolute Gasteiger partial charge is 0.101 e. The Morgan fingerprint density at radius 1 is 1.67 bits per heavy atom. The van der Waals surface area contributed by atoms with Crippen LogP contribution in [0.2, 0.25) is 0 Å². The second-order valence-electron chi connectivity index (χ2n) is 3.35. The van der Waals surface area contributed by atoms with Gasteiger partial charge in [-0.3, -0.25) is 0 Å². The fourth-order valence-corrected chi connectivity index (χ4v) is 2.99. The first-order valence-corrected chi connectivity index (χ1v) is 5.13. The monoisotopic (exact) mass is 183 g/mol. The van der Waals surface area contributed by atoms with Gasteiger partial charge in [0.2, 0.25) is 0 Å². The molecule has 3 N–H and O–H groups in total. The predicted octanol–water partition coefficient (Wildman–Crippen LogP) is 1.23. The zero-order valence-corrected chi connectivity index (χ0v) is 7.73. The molecule has 1 atom stereocenters. The minimum Gasteiger partial charge on any atom is -0.384 e. The van der Waals surface area contributed by atoms with Crippen LogP contribution >= 0.6 is 11.3 Å². The summed E-state index contributed by atoms with van der Waals surface area (Å²) in [5.41, 5.74) is 6.18. The van der Waals surface area contributed by atoms with Crippen LogP contribution in [0.25, 0.3) is 0 Å². The minimum absolute atomic E-state index is 0.563. The van der Waals surface area contributed by atoms with Gasteiger partial charge in [-0.1, -0.05) is 0 Å². The Morgan fingerprint density at radius 2 is 2.50 bits per heavy atom. The number of rotatable bonds is 2. The highest BCUT2D eigenvalue weighted by atomic mass is 32.1. The first-order chi connectivity index (χ1) is 5.76. The summed E-state index contributed by atoms with van der Waals surface area (Å²) in [5.74, 6) is 0. The molecule has 0 amide bonds. The molecule has 2 nitrogen and oxygen atoms in total. The van der Waals surface area contributed by atoms with Crippen molar-refractivity contribution in [3.8, 4) is 0 Å². The second-order valence-corrected chi connectivity index (χ2v) is 4.26. The van der Waals surface area contributed by atoms with Crippen LogP contribution in [-0.4, -0.2) is 11.7 Å². The number of nitrogens with two attached hydrogens (primary N) is 1. The Kier molecular flexibility index (Phi) is 1.94. The lowest BCUT2D eigenvalue weighted by Gasteiger charge is -2.21. The predicted molar refractivity (Wildman–Crippen MR) is 50.2 cm³/mol. The van der Waals surface area contributed by atoms with Crippen LogP contribution in [0.5, 0.6) is 0 Å². The van der Waals surface area contributed by atoms with E-state index in [0.29, 0.717) is 13.0 Å². The topological polar surface area (TPSA) is 46.2 Å². The molecule has 0 aliphatic heterocycles. The molecule has 66 valence electrons. The summed E-state index contributed by atoms with van der Waals surface area (Å²) in [4.78, 5) is 1.15. The van der Waals surface area contributed by atoms with Gasteiger partial charge in [0, 0.05) is 4.88 Å². The van der Waals surface area contributed by atoms with E-state index in [2.05, 4.69) is 6.07 Å². The normalized spacial score (nSPS) is 27.5. The van der Waals surface area contributed by atoms with Crippen molar-refractivity contribution in [3.63, 3.8) is 0 Å². The lowest BCUT2D eigenvalue weighted by Crippen LogP contribution is -2.24. The van der Waals surface area contributed by atoms with E-state index in [4.69, 9.17) is 5.73 Å². The van der Waals surface area contributed by atoms with Crippen LogP contribution in [0, 0.1) is 0 Å². The Balaban J connectivity index is 2.31. The van der Waals surface area contributed by atoms with Crippen LogP contribution in [0.3, 0.4) is 0 Å². The van der Waals surface area contributed by atoms with E-state index in [1.807, 2.05) is 5.38 Å². The SMILES string of the molecule is NCCC1(O)CCc2ccsc21. The summed E-state index contributed by atoms with van der Waals surface area (Å²) in [6, 6.07) is 2.11. The zero-order valence-electron chi connectivity index (χ0n) is 6.92. The van der Waals surface area contributed by atoms with E-state index >= 15 is 0 Å². The van der Waals surface area contributed by atoms with Gasteiger partial charge in [-0.25, -0.2) is 0 Å². The fourth-order valence-electron chi connectivity index (χ4n) is 1.87. The Morgan fingerprint density at radius 3 is 3.25 bits per heavy atom. The molecule has 0 bridgehead atoms. The van der Waals surface area contributed by atoms with Crippen molar-refractivity contribution in [2.45, 2.75) is 24.9 Å².